The van der Waals surface area contributed by atoms with Crippen molar-refractivity contribution in [3.05, 3.63) is 0 Å². The van der Waals surface area contributed by atoms with Crippen LogP contribution >= 0.6 is 0 Å². The Morgan fingerprint density at radius 3 is 2.75 bits per heavy atom. The van der Waals surface area contributed by atoms with Gasteiger partial charge in [-0.15, -0.1) is 0 Å². The molecule has 0 aromatic heterocycles. The second-order valence-corrected chi connectivity index (χ2v) is 5.66. The van der Waals surface area contributed by atoms with Crippen LogP contribution in [0, 0.1) is 0 Å². The van der Waals surface area contributed by atoms with E-state index in [2.05, 4.69) is 11.9 Å². The maximum Gasteiger partial charge on any atom is 0.157 e. The molecule has 3 fully saturated rings. The van der Waals surface area contributed by atoms with Crippen molar-refractivity contribution in [2.45, 2.75) is 62.8 Å². The van der Waals surface area contributed by atoms with Gasteiger partial charge in [0.2, 0.25) is 0 Å². The summed E-state index contributed by atoms with van der Waals surface area (Å²) in [5, 5.41) is 0. The monoisotopic (exact) mass is 225 g/mol. The standard InChI is InChI=1S/C13H23NO2/c1-14-11(5-6-13(14)7-8-13)10-16-12-4-2-3-9-15-12/h11-12H,2-10H2,1H3/t11-,12?/m0/s1. The molecule has 3 aliphatic rings. The van der Waals surface area contributed by atoms with Crippen LogP contribution < -0.4 is 0 Å². The molecule has 2 atom stereocenters. The molecule has 2 saturated heterocycles. The van der Waals surface area contributed by atoms with Crippen molar-refractivity contribution >= 4 is 0 Å². The highest BCUT2D eigenvalue weighted by Crippen LogP contribution is 2.50. The summed E-state index contributed by atoms with van der Waals surface area (Å²) in [4.78, 5) is 2.57. The van der Waals surface area contributed by atoms with Gasteiger partial charge in [-0.2, -0.15) is 0 Å². The lowest BCUT2D eigenvalue weighted by atomic mass is 10.2. The van der Waals surface area contributed by atoms with Crippen molar-refractivity contribution < 1.29 is 9.47 Å². The lowest BCUT2D eigenvalue weighted by Gasteiger charge is -2.28. The van der Waals surface area contributed by atoms with Gasteiger partial charge in [0.05, 0.1) is 6.61 Å². The predicted octanol–water partition coefficient (Wildman–Crippen LogP) is 2.16. The van der Waals surface area contributed by atoms with Gasteiger partial charge in [0, 0.05) is 18.2 Å². The van der Waals surface area contributed by atoms with Crippen molar-refractivity contribution in [2.75, 3.05) is 20.3 Å². The summed E-state index contributed by atoms with van der Waals surface area (Å²) < 4.78 is 11.5. The molecule has 3 nitrogen and oxygen atoms in total. The fourth-order valence-corrected chi connectivity index (χ4v) is 3.20. The lowest BCUT2D eigenvalue weighted by Crippen LogP contribution is -2.38. The maximum atomic E-state index is 5.89. The van der Waals surface area contributed by atoms with Gasteiger partial charge in [0.25, 0.3) is 0 Å². The van der Waals surface area contributed by atoms with Gasteiger partial charge >= 0.3 is 0 Å². The van der Waals surface area contributed by atoms with Crippen molar-refractivity contribution in [1.29, 1.82) is 0 Å². The summed E-state index contributed by atoms with van der Waals surface area (Å²) in [5.41, 5.74) is 0.585. The predicted molar refractivity (Wildman–Crippen MR) is 62.3 cm³/mol. The molecule has 1 aliphatic carbocycles. The molecular formula is C13H23NO2. The molecule has 3 heteroatoms. The first kappa shape index (κ1) is 11.0. The van der Waals surface area contributed by atoms with E-state index in [0.717, 1.165) is 19.6 Å². The molecule has 2 heterocycles. The molecule has 16 heavy (non-hydrogen) atoms. The zero-order chi connectivity index (χ0) is 11.0. The third-order valence-corrected chi connectivity index (χ3v) is 4.68. The topological polar surface area (TPSA) is 21.7 Å². The van der Waals surface area contributed by atoms with Gasteiger partial charge in [-0.1, -0.05) is 0 Å². The molecule has 0 amide bonds. The molecule has 0 radical (unpaired) electrons. The van der Waals surface area contributed by atoms with E-state index in [1.165, 1.54) is 38.5 Å². The smallest absolute Gasteiger partial charge is 0.157 e. The van der Waals surface area contributed by atoms with E-state index >= 15 is 0 Å². The highest BCUT2D eigenvalue weighted by atomic mass is 16.7. The fourth-order valence-electron chi connectivity index (χ4n) is 3.20. The van der Waals surface area contributed by atoms with Crippen LogP contribution in [0.2, 0.25) is 0 Å². The molecule has 0 N–H and O–H groups in total. The number of hydrogen-bond donors (Lipinski definition) is 0. The van der Waals surface area contributed by atoms with Crippen LogP contribution in [0.15, 0.2) is 0 Å². The molecule has 0 aromatic rings. The van der Waals surface area contributed by atoms with Crippen LogP contribution in [0.25, 0.3) is 0 Å². The van der Waals surface area contributed by atoms with Crippen molar-refractivity contribution in [2.24, 2.45) is 0 Å². The number of likely N-dealkylation sites (N-methyl/N-ethyl adjacent to an activating group) is 1. The highest BCUT2D eigenvalue weighted by Gasteiger charge is 2.52. The quantitative estimate of drug-likeness (QED) is 0.734. The maximum absolute atomic E-state index is 5.89. The molecule has 1 spiro atoms. The molecule has 2 aliphatic heterocycles. The third kappa shape index (κ3) is 2.01. The average Bonchev–Trinajstić information content (AvgIpc) is 3.04. The molecular weight excluding hydrogens is 202 g/mol. The Morgan fingerprint density at radius 1 is 1.25 bits per heavy atom. The normalized spacial score (nSPS) is 38.1. The first-order chi connectivity index (χ1) is 7.80. The van der Waals surface area contributed by atoms with E-state index in [-0.39, 0.29) is 6.29 Å². The summed E-state index contributed by atoms with van der Waals surface area (Å²) in [6.45, 7) is 1.75. The van der Waals surface area contributed by atoms with Gasteiger partial charge < -0.3 is 9.47 Å². The Balaban J connectivity index is 1.45. The second-order valence-electron chi connectivity index (χ2n) is 5.66. The van der Waals surface area contributed by atoms with Gasteiger partial charge in [-0.3, -0.25) is 4.90 Å². The van der Waals surface area contributed by atoms with Crippen LogP contribution in [0.4, 0.5) is 0 Å². The highest BCUT2D eigenvalue weighted by molar-refractivity contribution is 5.09. The molecule has 0 bridgehead atoms. The first-order valence-electron chi connectivity index (χ1n) is 6.76. The van der Waals surface area contributed by atoms with Crippen molar-refractivity contribution in [1.82, 2.24) is 4.90 Å². The largest absolute Gasteiger partial charge is 0.353 e. The minimum Gasteiger partial charge on any atom is -0.353 e. The average molecular weight is 225 g/mol. The van der Waals surface area contributed by atoms with Crippen LogP contribution in [0.5, 0.6) is 0 Å². The summed E-state index contributed by atoms with van der Waals surface area (Å²) in [6, 6.07) is 0.632. The molecule has 1 unspecified atom stereocenters. The zero-order valence-electron chi connectivity index (χ0n) is 10.3. The minimum absolute atomic E-state index is 0.0814. The molecule has 3 rings (SSSR count). The van der Waals surface area contributed by atoms with Gasteiger partial charge in [-0.05, 0) is 52.0 Å². The van der Waals surface area contributed by atoms with E-state index < -0.39 is 0 Å². The summed E-state index contributed by atoms with van der Waals surface area (Å²) in [5.74, 6) is 0. The van der Waals surface area contributed by atoms with E-state index in [9.17, 15) is 0 Å². The summed E-state index contributed by atoms with van der Waals surface area (Å²) in [6.07, 6.45) is 9.12. The zero-order valence-corrected chi connectivity index (χ0v) is 10.3. The Labute approximate surface area is 98.1 Å². The van der Waals surface area contributed by atoms with Crippen molar-refractivity contribution in [3.63, 3.8) is 0 Å². The third-order valence-electron chi connectivity index (χ3n) is 4.68. The van der Waals surface area contributed by atoms with Crippen LogP contribution in [-0.2, 0) is 9.47 Å². The van der Waals surface area contributed by atoms with Crippen LogP contribution in [-0.4, -0.2) is 43.0 Å². The number of rotatable bonds is 3. The molecule has 92 valence electrons. The van der Waals surface area contributed by atoms with E-state index in [1.54, 1.807) is 0 Å². The van der Waals surface area contributed by atoms with E-state index in [4.69, 9.17) is 9.47 Å². The number of ether oxygens (including phenoxy) is 2. The number of hydrogen-bond acceptors (Lipinski definition) is 3. The minimum atomic E-state index is 0.0814. The Bertz CT molecular complexity index is 246. The summed E-state index contributed by atoms with van der Waals surface area (Å²) in [7, 11) is 2.27. The van der Waals surface area contributed by atoms with E-state index in [1.807, 2.05) is 0 Å². The first-order valence-corrected chi connectivity index (χ1v) is 6.76. The SMILES string of the molecule is CN1[C@H](COC2CCCCO2)CCC12CC2. The Morgan fingerprint density at radius 2 is 2.12 bits per heavy atom. The van der Waals surface area contributed by atoms with Gasteiger partial charge in [-0.25, -0.2) is 0 Å². The number of nitrogens with zero attached hydrogens (tertiary/aromatic N) is 1. The van der Waals surface area contributed by atoms with Gasteiger partial charge in [0.1, 0.15) is 0 Å². The fraction of sp³-hybridized carbons (Fsp3) is 1.00. The van der Waals surface area contributed by atoms with Gasteiger partial charge in [0.15, 0.2) is 6.29 Å². The van der Waals surface area contributed by atoms with Crippen LogP contribution in [0.1, 0.15) is 44.9 Å². The molecule has 0 aromatic carbocycles. The second kappa shape index (κ2) is 4.28. The summed E-state index contributed by atoms with van der Waals surface area (Å²) >= 11 is 0. The number of likely N-dealkylation sites (tertiary alicyclic amines) is 1. The molecule has 1 saturated carbocycles. The van der Waals surface area contributed by atoms with Crippen molar-refractivity contribution in [3.8, 4) is 0 Å². The van der Waals surface area contributed by atoms with Crippen LogP contribution in [0.3, 0.4) is 0 Å². The lowest BCUT2D eigenvalue weighted by molar-refractivity contribution is -0.169. The Kier molecular flexibility index (Phi) is 2.94. The Hall–Kier alpha value is -0.120. The van der Waals surface area contributed by atoms with E-state index in [0.29, 0.717) is 11.6 Å².